The van der Waals surface area contributed by atoms with Crippen LogP contribution in [0.15, 0.2) is 24.3 Å². The molecule has 2 unspecified atom stereocenters. The minimum Gasteiger partial charge on any atom is -0.485 e. The quantitative estimate of drug-likeness (QED) is 0.617. The first kappa shape index (κ1) is 20.2. The zero-order valence-electron chi connectivity index (χ0n) is 15.5. The van der Waals surface area contributed by atoms with E-state index in [0.29, 0.717) is 18.0 Å². The Hall–Kier alpha value is -1.15. The van der Waals surface area contributed by atoms with Crippen molar-refractivity contribution in [3.63, 3.8) is 0 Å². The second kappa shape index (κ2) is 9.52. The summed E-state index contributed by atoms with van der Waals surface area (Å²) in [7, 11) is -1.05. The van der Waals surface area contributed by atoms with Gasteiger partial charge in [0.25, 0.3) is 0 Å². The van der Waals surface area contributed by atoms with Crippen LogP contribution in [-0.4, -0.2) is 64.4 Å². The predicted octanol–water partition coefficient (Wildman–Crippen LogP) is 1.60. The van der Waals surface area contributed by atoms with Gasteiger partial charge in [-0.3, -0.25) is 4.90 Å². The van der Waals surface area contributed by atoms with E-state index in [-0.39, 0.29) is 0 Å². The normalized spacial score (nSPS) is 18.6. The van der Waals surface area contributed by atoms with Crippen molar-refractivity contribution < 1.29 is 14.1 Å². The molecular weight excluding hydrogens is 338 g/mol. The summed E-state index contributed by atoms with van der Waals surface area (Å²) in [6.07, 6.45) is 0.292. The number of nitrogens with one attached hydrogen (secondary N) is 2. The van der Waals surface area contributed by atoms with Crippen LogP contribution in [0.25, 0.3) is 0 Å². The number of β-amino-alcohol motifs (C(OH)–C–C–N with tert-alkyl or cyclic N) is 1. The first-order valence-corrected chi connectivity index (χ1v) is 10.3. The average molecular weight is 370 g/mol. The number of benzene rings is 1. The van der Waals surface area contributed by atoms with Gasteiger partial charge >= 0.3 is 0 Å². The van der Waals surface area contributed by atoms with E-state index >= 15 is 0 Å². The van der Waals surface area contributed by atoms with Gasteiger partial charge in [-0.2, -0.15) is 0 Å². The van der Waals surface area contributed by atoms with Crippen LogP contribution in [0.1, 0.15) is 27.2 Å². The minimum atomic E-state index is -1.05. The molecule has 25 heavy (non-hydrogen) atoms. The van der Waals surface area contributed by atoms with Crippen LogP contribution in [0.5, 0.6) is 5.75 Å². The Kier molecular flexibility index (Phi) is 7.68. The predicted molar refractivity (Wildman–Crippen MR) is 103 cm³/mol. The van der Waals surface area contributed by atoms with Gasteiger partial charge in [-0.1, -0.05) is 6.92 Å². The molecule has 0 amide bonds. The van der Waals surface area contributed by atoms with Crippen molar-refractivity contribution in [3.05, 3.63) is 24.3 Å². The van der Waals surface area contributed by atoms with Crippen molar-refractivity contribution in [2.24, 2.45) is 0 Å². The van der Waals surface area contributed by atoms with Crippen LogP contribution in [0, 0.1) is 0 Å². The third-order valence-electron chi connectivity index (χ3n) is 4.30. The summed E-state index contributed by atoms with van der Waals surface area (Å²) in [6.45, 7) is 10.2. The van der Waals surface area contributed by atoms with Crippen LogP contribution in [-0.2, 0) is 11.0 Å². The number of hydrogen-bond acceptors (Lipinski definition) is 5. The van der Waals surface area contributed by atoms with Crippen molar-refractivity contribution in [1.29, 1.82) is 0 Å². The summed E-state index contributed by atoms with van der Waals surface area (Å²) >= 11 is 0. The van der Waals surface area contributed by atoms with Gasteiger partial charge in [-0.15, -0.1) is 0 Å². The molecule has 1 heterocycles. The van der Waals surface area contributed by atoms with E-state index in [4.69, 9.17) is 4.74 Å². The summed E-state index contributed by atoms with van der Waals surface area (Å²) in [4.78, 5) is 2.25. The summed E-state index contributed by atoms with van der Waals surface area (Å²) in [5.74, 6) is 1.32. The topological polar surface area (TPSA) is 73.8 Å². The molecule has 0 saturated carbocycles. The van der Waals surface area contributed by atoms with Gasteiger partial charge in [0.1, 0.15) is 28.4 Å². The Morgan fingerprint density at radius 3 is 2.56 bits per heavy atom. The standard InChI is InChI=1S/C18H31N3O3S/c1-4-13-25(23)20-15-5-7-16(8-6-15)24-18(2,3)17(22)14-21-11-9-19-10-12-21/h5-8,17,19-20,22H,4,9-14H2,1-3H3. The second-order valence-electron chi connectivity index (χ2n) is 6.95. The number of aliphatic hydroxyl groups is 1. The van der Waals surface area contributed by atoms with Crippen LogP contribution in [0.3, 0.4) is 0 Å². The number of piperazine rings is 1. The maximum Gasteiger partial charge on any atom is 0.130 e. The molecule has 1 fully saturated rings. The third-order valence-corrected chi connectivity index (χ3v) is 5.54. The maximum absolute atomic E-state index is 11.7. The van der Waals surface area contributed by atoms with E-state index in [9.17, 15) is 9.32 Å². The SMILES string of the molecule is CCCS(=O)Nc1ccc(OC(C)(C)C(O)CN2CCNCC2)cc1. The van der Waals surface area contributed by atoms with Crippen molar-refractivity contribution in [2.75, 3.05) is 43.2 Å². The van der Waals surface area contributed by atoms with Gasteiger partial charge in [-0.25, -0.2) is 4.21 Å². The van der Waals surface area contributed by atoms with Crippen LogP contribution >= 0.6 is 0 Å². The molecular formula is C18H31N3O3S. The first-order valence-electron chi connectivity index (χ1n) is 8.96. The van der Waals surface area contributed by atoms with Crippen molar-refractivity contribution >= 4 is 16.7 Å². The minimum absolute atomic E-state index is 0.583. The van der Waals surface area contributed by atoms with Crippen molar-refractivity contribution in [2.45, 2.75) is 38.9 Å². The van der Waals surface area contributed by atoms with Gasteiger partial charge in [0.15, 0.2) is 0 Å². The molecule has 2 rings (SSSR count). The molecule has 0 aromatic heterocycles. The zero-order valence-corrected chi connectivity index (χ0v) is 16.3. The molecule has 1 aliphatic rings. The lowest BCUT2D eigenvalue weighted by molar-refractivity contribution is -0.0455. The Labute approximate surface area is 153 Å². The van der Waals surface area contributed by atoms with E-state index < -0.39 is 22.7 Å². The zero-order chi connectivity index (χ0) is 18.3. The molecule has 7 heteroatoms. The number of anilines is 1. The van der Waals surface area contributed by atoms with E-state index in [2.05, 4.69) is 14.9 Å². The van der Waals surface area contributed by atoms with Crippen LogP contribution in [0.2, 0.25) is 0 Å². The number of aliphatic hydroxyl groups excluding tert-OH is 1. The molecule has 0 aliphatic carbocycles. The molecule has 1 saturated heterocycles. The molecule has 0 bridgehead atoms. The fourth-order valence-corrected chi connectivity index (χ4v) is 3.56. The summed E-state index contributed by atoms with van der Waals surface area (Å²) in [5.41, 5.74) is 0.114. The third kappa shape index (κ3) is 6.58. The maximum atomic E-state index is 11.7. The van der Waals surface area contributed by atoms with E-state index in [1.807, 2.05) is 45.0 Å². The van der Waals surface area contributed by atoms with E-state index in [1.54, 1.807) is 0 Å². The Balaban J connectivity index is 1.89. The fourth-order valence-electron chi connectivity index (χ4n) is 2.69. The number of ether oxygens (including phenoxy) is 1. The molecule has 142 valence electrons. The summed E-state index contributed by atoms with van der Waals surface area (Å²) in [6, 6.07) is 7.37. The summed E-state index contributed by atoms with van der Waals surface area (Å²) < 4.78 is 20.7. The lowest BCUT2D eigenvalue weighted by Crippen LogP contribution is -2.52. The van der Waals surface area contributed by atoms with Crippen molar-refractivity contribution in [3.8, 4) is 5.75 Å². The molecule has 1 aliphatic heterocycles. The smallest absolute Gasteiger partial charge is 0.130 e. The molecule has 0 radical (unpaired) electrons. The van der Waals surface area contributed by atoms with Crippen LogP contribution in [0.4, 0.5) is 5.69 Å². The average Bonchev–Trinajstić information content (AvgIpc) is 2.57. The lowest BCUT2D eigenvalue weighted by Gasteiger charge is -2.36. The molecule has 2 atom stereocenters. The first-order chi connectivity index (χ1) is 11.9. The monoisotopic (exact) mass is 369 g/mol. The number of hydrogen-bond donors (Lipinski definition) is 3. The van der Waals surface area contributed by atoms with Crippen molar-refractivity contribution in [1.82, 2.24) is 10.2 Å². The van der Waals surface area contributed by atoms with E-state index in [0.717, 1.165) is 38.3 Å². The highest BCUT2D eigenvalue weighted by Crippen LogP contribution is 2.24. The Morgan fingerprint density at radius 1 is 1.32 bits per heavy atom. The second-order valence-corrected chi connectivity index (χ2v) is 8.25. The van der Waals surface area contributed by atoms with E-state index in [1.165, 1.54) is 0 Å². The molecule has 1 aromatic carbocycles. The largest absolute Gasteiger partial charge is 0.485 e. The van der Waals surface area contributed by atoms with Gasteiger partial charge in [0.05, 0.1) is 0 Å². The summed E-state index contributed by atoms with van der Waals surface area (Å²) in [5, 5.41) is 13.9. The van der Waals surface area contributed by atoms with Gasteiger partial charge in [-0.05, 0) is 44.5 Å². The highest BCUT2D eigenvalue weighted by molar-refractivity contribution is 7.86. The fraction of sp³-hybridized carbons (Fsp3) is 0.667. The molecule has 1 aromatic rings. The van der Waals surface area contributed by atoms with Gasteiger partial charge in [0.2, 0.25) is 0 Å². The number of nitrogens with zero attached hydrogens (tertiary/aromatic N) is 1. The highest BCUT2D eigenvalue weighted by Gasteiger charge is 2.31. The molecule has 6 nitrogen and oxygen atoms in total. The molecule has 3 N–H and O–H groups in total. The van der Waals surface area contributed by atoms with Gasteiger partial charge in [0, 0.05) is 44.2 Å². The Bertz CT molecular complexity index is 545. The molecule has 0 spiro atoms. The lowest BCUT2D eigenvalue weighted by atomic mass is 10.0. The highest BCUT2D eigenvalue weighted by atomic mass is 32.2. The Morgan fingerprint density at radius 2 is 1.96 bits per heavy atom. The number of rotatable bonds is 9. The van der Waals surface area contributed by atoms with Crippen LogP contribution < -0.4 is 14.8 Å². The van der Waals surface area contributed by atoms with Gasteiger partial charge < -0.3 is 19.9 Å².